The first-order valence-electron chi connectivity index (χ1n) is 7.43. The fraction of sp³-hybridized carbons (Fsp3) is 0.188. The molecule has 0 unspecified atom stereocenters. The maximum absolute atomic E-state index is 11.4. The summed E-state index contributed by atoms with van der Waals surface area (Å²) in [7, 11) is 3.64. The molecule has 0 saturated carbocycles. The van der Waals surface area contributed by atoms with Crippen molar-refractivity contribution in [3.05, 3.63) is 75.1 Å². The summed E-state index contributed by atoms with van der Waals surface area (Å²) in [6.45, 7) is 0. The molecular weight excluding hydrogens is 344 g/mol. The molecule has 0 bridgehead atoms. The molecule has 1 aromatic heterocycles. The molecule has 1 heterocycles. The summed E-state index contributed by atoms with van der Waals surface area (Å²) >= 11 is 6.06. The highest BCUT2D eigenvalue weighted by atomic mass is 35.5. The Morgan fingerprint density at radius 2 is 1.96 bits per heavy atom. The van der Waals surface area contributed by atoms with Gasteiger partial charge in [-0.15, -0.1) is 5.10 Å². The van der Waals surface area contributed by atoms with Crippen molar-refractivity contribution in [3.63, 3.8) is 0 Å². The Kier molecular flexibility index (Phi) is 4.73. The van der Waals surface area contributed by atoms with E-state index >= 15 is 0 Å². The van der Waals surface area contributed by atoms with Crippen molar-refractivity contribution >= 4 is 17.3 Å². The van der Waals surface area contributed by atoms with Crippen LogP contribution in [0.1, 0.15) is 17.4 Å². The monoisotopic (exact) mass is 358 g/mol. The van der Waals surface area contributed by atoms with E-state index in [1.807, 2.05) is 25.1 Å². The summed E-state index contributed by atoms with van der Waals surface area (Å²) in [6.07, 6.45) is 0. The van der Waals surface area contributed by atoms with Gasteiger partial charge in [-0.05, 0) is 42.7 Å². The molecule has 0 N–H and O–H groups in total. The minimum atomic E-state index is -0.504. The van der Waals surface area contributed by atoms with Crippen LogP contribution in [0.3, 0.4) is 0 Å². The molecule has 3 rings (SSSR count). The third kappa shape index (κ3) is 3.35. The fourth-order valence-electron chi connectivity index (χ4n) is 2.69. The number of tetrazole rings is 1. The third-order valence-electron chi connectivity index (χ3n) is 3.74. The zero-order valence-electron chi connectivity index (χ0n) is 13.6. The number of rotatable bonds is 5. The first-order chi connectivity index (χ1) is 12.0. The minimum absolute atomic E-state index is 0.0156. The number of hydrogen-bond acceptors (Lipinski definition) is 6. The van der Waals surface area contributed by atoms with Crippen LogP contribution in [0.5, 0.6) is 0 Å². The van der Waals surface area contributed by atoms with Gasteiger partial charge in [0.05, 0.1) is 16.2 Å². The van der Waals surface area contributed by atoms with Crippen LogP contribution in [0.4, 0.5) is 5.69 Å². The second kappa shape index (κ2) is 6.96. The zero-order chi connectivity index (χ0) is 18.0. The summed E-state index contributed by atoms with van der Waals surface area (Å²) in [4.78, 5) is 12.9. The molecule has 0 aliphatic heterocycles. The predicted molar refractivity (Wildman–Crippen MR) is 92.8 cm³/mol. The molecular formula is C16H15ClN6O2. The van der Waals surface area contributed by atoms with E-state index in [4.69, 9.17) is 11.6 Å². The number of nitro benzene ring substituents is 1. The Morgan fingerprint density at radius 3 is 2.64 bits per heavy atom. The molecule has 8 nitrogen and oxygen atoms in total. The summed E-state index contributed by atoms with van der Waals surface area (Å²) < 4.78 is 1.53. The highest BCUT2D eigenvalue weighted by molar-refractivity contribution is 6.30. The van der Waals surface area contributed by atoms with Crippen LogP contribution in [-0.4, -0.2) is 44.1 Å². The van der Waals surface area contributed by atoms with E-state index in [2.05, 4.69) is 15.5 Å². The van der Waals surface area contributed by atoms with Crippen molar-refractivity contribution in [1.29, 1.82) is 0 Å². The number of nitro groups is 1. The van der Waals surface area contributed by atoms with Crippen LogP contribution in [0.2, 0.25) is 5.02 Å². The molecule has 0 saturated heterocycles. The maximum Gasteiger partial charge on any atom is 0.274 e. The number of halogens is 1. The van der Waals surface area contributed by atoms with Crippen LogP contribution in [0, 0.1) is 10.1 Å². The van der Waals surface area contributed by atoms with Crippen LogP contribution >= 0.6 is 11.6 Å². The van der Waals surface area contributed by atoms with Gasteiger partial charge in [0.15, 0.2) is 5.82 Å². The number of benzene rings is 2. The van der Waals surface area contributed by atoms with E-state index in [1.54, 1.807) is 36.4 Å². The number of hydrogen-bond donors (Lipinski definition) is 0. The van der Waals surface area contributed by atoms with Gasteiger partial charge in [-0.1, -0.05) is 35.9 Å². The van der Waals surface area contributed by atoms with Crippen molar-refractivity contribution in [2.24, 2.45) is 0 Å². The van der Waals surface area contributed by atoms with Gasteiger partial charge in [-0.25, -0.2) is 0 Å². The Bertz CT molecular complexity index is 911. The molecule has 0 aliphatic carbocycles. The lowest BCUT2D eigenvalue weighted by molar-refractivity contribution is -0.385. The van der Waals surface area contributed by atoms with E-state index in [1.165, 1.54) is 10.7 Å². The highest BCUT2D eigenvalue weighted by Crippen LogP contribution is 2.32. The average Bonchev–Trinajstić information content (AvgIpc) is 3.04. The van der Waals surface area contributed by atoms with Gasteiger partial charge in [0.25, 0.3) is 5.69 Å². The van der Waals surface area contributed by atoms with Gasteiger partial charge in [-0.2, -0.15) is 4.68 Å². The maximum atomic E-state index is 11.4. The van der Waals surface area contributed by atoms with Crippen molar-refractivity contribution in [3.8, 4) is 5.69 Å². The topological polar surface area (TPSA) is 90.0 Å². The van der Waals surface area contributed by atoms with Gasteiger partial charge < -0.3 is 0 Å². The van der Waals surface area contributed by atoms with Crippen LogP contribution in [-0.2, 0) is 0 Å². The van der Waals surface area contributed by atoms with Crippen molar-refractivity contribution in [2.75, 3.05) is 14.1 Å². The van der Waals surface area contributed by atoms with Gasteiger partial charge in [0.2, 0.25) is 0 Å². The van der Waals surface area contributed by atoms with Gasteiger partial charge in [-0.3, -0.25) is 15.0 Å². The zero-order valence-corrected chi connectivity index (χ0v) is 14.3. The Balaban J connectivity index is 2.17. The largest absolute Gasteiger partial charge is 0.296 e. The molecule has 0 aliphatic rings. The molecule has 0 spiro atoms. The van der Waals surface area contributed by atoms with Gasteiger partial charge in [0, 0.05) is 11.1 Å². The number of para-hydroxylation sites is 1. The normalized spacial score (nSPS) is 12.3. The smallest absolute Gasteiger partial charge is 0.274 e. The van der Waals surface area contributed by atoms with E-state index in [0.29, 0.717) is 22.1 Å². The summed E-state index contributed by atoms with van der Waals surface area (Å²) in [5.74, 6) is 0.460. The second-order valence-electron chi connectivity index (χ2n) is 5.61. The van der Waals surface area contributed by atoms with Crippen LogP contribution < -0.4 is 0 Å². The lowest BCUT2D eigenvalue weighted by Gasteiger charge is -2.23. The van der Waals surface area contributed by atoms with E-state index in [-0.39, 0.29) is 5.69 Å². The van der Waals surface area contributed by atoms with E-state index in [9.17, 15) is 10.1 Å². The number of nitrogens with zero attached hydrogens (tertiary/aromatic N) is 6. The molecule has 2 aromatic carbocycles. The molecule has 3 aromatic rings. The minimum Gasteiger partial charge on any atom is -0.296 e. The lowest BCUT2D eigenvalue weighted by Crippen LogP contribution is -2.25. The second-order valence-corrected chi connectivity index (χ2v) is 6.05. The van der Waals surface area contributed by atoms with Gasteiger partial charge >= 0.3 is 0 Å². The number of aromatic nitrogens is 4. The molecule has 9 heteroatoms. The van der Waals surface area contributed by atoms with Crippen molar-refractivity contribution in [1.82, 2.24) is 25.1 Å². The summed E-state index contributed by atoms with van der Waals surface area (Å²) in [6, 6.07) is 13.2. The van der Waals surface area contributed by atoms with Crippen LogP contribution in [0.15, 0.2) is 48.5 Å². The third-order valence-corrected chi connectivity index (χ3v) is 3.97. The standard InChI is InChI=1S/C16H15ClN6O2/c1-21(2)15(13-8-3-4-9-14(13)23(24)25)16-18-19-20-22(16)12-7-5-6-11(17)10-12/h3-10,15H,1-2H3/t15-/m0/s1. The first kappa shape index (κ1) is 17.0. The first-order valence-corrected chi connectivity index (χ1v) is 7.81. The molecule has 0 fully saturated rings. The van der Waals surface area contributed by atoms with E-state index in [0.717, 1.165) is 0 Å². The molecule has 25 heavy (non-hydrogen) atoms. The molecule has 0 radical (unpaired) electrons. The van der Waals surface area contributed by atoms with Gasteiger partial charge in [0.1, 0.15) is 6.04 Å². The predicted octanol–water partition coefficient (Wildman–Crippen LogP) is 2.87. The quantitative estimate of drug-likeness (QED) is 0.514. The van der Waals surface area contributed by atoms with Crippen molar-refractivity contribution < 1.29 is 4.92 Å². The Morgan fingerprint density at radius 1 is 1.20 bits per heavy atom. The van der Waals surface area contributed by atoms with Crippen molar-refractivity contribution in [2.45, 2.75) is 6.04 Å². The summed E-state index contributed by atoms with van der Waals surface area (Å²) in [5.41, 5.74) is 1.20. The SMILES string of the molecule is CN(C)[C@@H](c1ccccc1[N+](=O)[O-])c1nnnn1-c1cccc(Cl)c1. The average molecular weight is 359 g/mol. The fourth-order valence-corrected chi connectivity index (χ4v) is 2.87. The molecule has 1 atom stereocenters. The molecule has 128 valence electrons. The Hall–Kier alpha value is -2.84. The van der Waals surface area contributed by atoms with Crippen LogP contribution in [0.25, 0.3) is 5.69 Å². The van der Waals surface area contributed by atoms with E-state index < -0.39 is 11.0 Å². The molecule has 0 amide bonds. The lowest BCUT2D eigenvalue weighted by atomic mass is 10.0. The Labute approximate surface area is 148 Å². The highest BCUT2D eigenvalue weighted by Gasteiger charge is 2.30. The summed E-state index contributed by atoms with van der Waals surface area (Å²) in [5, 5.41) is 23.9.